The molecule has 1 fully saturated rings. The average molecular weight is 463 g/mol. The quantitative estimate of drug-likeness (QED) is 0.418. The predicted molar refractivity (Wildman–Crippen MR) is 139 cm³/mol. The number of aromatic nitrogens is 3. The first kappa shape index (κ1) is 21.2. The Morgan fingerprint density at radius 3 is 2.31 bits per heavy atom. The lowest BCUT2D eigenvalue weighted by atomic mass is 10.1. The first-order valence-electron chi connectivity index (χ1n) is 11.9. The van der Waals surface area contributed by atoms with Crippen molar-refractivity contribution in [2.75, 3.05) is 36.4 Å². The van der Waals surface area contributed by atoms with Gasteiger partial charge in [0, 0.05) is 44.6 Å². The van der Waals surface area contributed by atoms with Gasteiger partial charge >= 0.3 is 0 Å². The number of carbonyl (C=O) groups is 1. The number of pyridine rings is 1. The minimum Gasteiger partial charge on any atom is -0.368 e. The zero-order valence-corrected chi connectivity index (χ0v) is 19.3. The minimum absolute atomic E-state index is 0.0222. The van der Waals surface area contributed by atoms with Crippen molar-refractivity contribution in [2.24, 2.45) is 0 Å². The fourth-order valence-corrected chi connectivity index (χ4v) is 4.85. The second kappa shape index (κ2) is 9.10. The number of fused-ring (bicyclic) bond motifs is 3. The molecular formula is C28H26N6O. The SMILES string of the molecule is O=C(c1c2c(NCc3ccccc3)ncnc2n2ccccc12)N1CCN(c2ccccc2)CC1. The van der Waals surface area contributed by atoms with Gasteiger partial charge in [0.2, 0.25) is 0 Å². The van der Waals surface area contributed by atoms with E-state index < -0.39 is 0 Å². The van der Waals surface area contributed by atoms with Crippen LogP contribution in [0.25, 0.3) is 16.6 Å². The summed E-state index contributed by atoms with van der Waals surface area (Å²) in [7, 11) is 0. The molecule has 174 valence electrons. The first-order valence-corrected chi connectivity index (χ1v) is 11.9. The Hall–Kier alpha value is -4.39. The maximum absolute atomic E-state index is 14.0. The molecule has 0 unspecified atom stereocenters. The van der Waals surface area contributed by atoms with E-state index in [1.165, 1.54) is 5.69 Å². The molecule has 1 amide bonds. The highest BCUT2D eigenvalue weighted by molar-refractivity contribution is 6.16. The maximum Gasteiger partial charge on any atom is 0.257 e. The first-order chi connectivity index (χ1) is 17.3. The van der Waals surface area contributed by atoms with E-state index in [4.69, 9.17) is 0 Å². The molecule has 0 atom stereocenters. The lowest BCUT2D eigenvalue weighted by molar-refractivity contribution is 0.0750. The normalized spacial score (nSPS) is 13.9. The number of amides is 1. The summed E-state index contributed by atoms with van der Waals surface area (Å²) in [6.45, 7) is 3.55. The van der Waals surface area contributed by atoms with Crippen molar-refractivity contribution in [1.82, 2.24) is 19.3 Å². The Bertz CT molecular complexity index is 1470. The van der Waals surface area contributed by atoms with Crippen molar-refractivity contribution >= 4 is 34.0 Å². The molecule has 0 saturated carbocycles. The smallest absolute Gasteiger partial charge is 0.257 e. The molecule has 0 aliphatic carbocycles. The van der Waals surface area contributed by atoms with Crippen molar-refractivity contribution in [3.63, 3.8) is 0 Å². The van der Waals surface area contributed by atoms with Crippen LogP contribution < -0.4 is 10.2 Å². The molecule has 4 heterocycles. The fraction of sp³-hybridized carbons (Fsp3) is 0.179. The van der Waals surface area contributed by atoms with Gasteiger partial charge in [-0.2, -0.15) is 0 Å². The summed E-state index contributed by atoms with van der Waals surface area (Å²) in [6, 6.07) is 26.4. The van der Waals surface area contributed by atoms with Crippen LogP contribution >= 0.6 is 0 Å². The second-order valence-corrected chi connectivity index (χ2v) is 8.71. The van der Waals surface area contributed by atoms with Crippen LogP contribution in [0.1, 0.15) is 15.9 Å². The van der Waals surface area contributed by atoms with E-state index in [0.717, 1.165) is 35.2 Å². The molecule has 6 rings (SSSR count). The summed E-state index contributed by atoms with van der Waals surface area (Å²) < 4.78 is 1.98. The lowest BCUT2D eigenvalue weighted by Crippen LogP contribution is -2.48. The molecule has 0 bridgehead atoms. The van der Waals surface area contributed by atoms with Crippen molar-refractivity contribution in [3.05, 3.63) is 103 Å². The van der Waals surface area contributed by atoms with E-state index in [9.17, 15) is 4.79 Å². The number of nitrogens with one attached hydrogen (secondary N) is 1. The van der Waals surface area contributed by atoms with Gasteiger partial charge in [-0.3, -0.25) is 4.79 Å². The van der Waals surface area contributed by atoms with E-state index in [1.807, 2.05) is 58.0 Å². The van der Waals surface area contributed by atoms with Gasteiger partial charge in [-0.25, -0.2) is 9.97 Å². The molecule has 0 spiro atoms. The van der Waals surface area contributed by atoms with Gasteiger partial charge in [0.25, 0.3) is 5.91 Å². The Labute approximate surface area is 203 Å². The van der Waals surface area contributed by atoms with Gasteiger partial charge in [-0.15, -0.1) is 0 Å². The standard InChI is InChI=1S/C28H26N6O/c35-28(33-17-15-32(16-18-33)22-11-5-2-6-12-22)24-23-13-7-8-14-34(23)27-25(24)26(30-20-31-27)29-19-21-9-3-1-4-10-21/h1-14,20H,15-19H2,(H,29,30,31). The van der Waals surface area contributed by atoms with Crippen LogP contribution in [0, 0.1) is 0 Å². The van der Waals surface area contributed by atoms with E-state index in [0.29, 0.717) is 31.0 Å². The highest BCUT2D eigenvalue weighted by Crippen LogP contribution is 2.31. The van der Waals surface area contributed by atoms with Crippen molar-refractivity contribution < 1.29 is 4.79 Å². The van der Waals surface area contributed by atoms with Gasteiger partial charge < -0.3 is 19.5 Å². The van der Waals surface area contributed by atoms with Crippen LogP contribution in [-0.4, -0.2) is 51.4 Å². The number of para-hydroxylation sites is 1. The summed E-state index contributed by atoms with van der Waals surface area (Å²) in [5.74, 6) is 0.697. The van der Waals surface area contributed by atoms with Crippen LogP contribution in [0.3, 0.4) is 0 Å². The van der Waals surface area contributed by atoms with Gasteiger partial charge in [0.05, 0.1) is 16.5 Å². The summed E-state index contributed by atoms with van der Waals surface area (Å²) >= 11 is 0. The maximum atomic E-state index is 14.0. The molecule has 1 saturated heterocycles. The van der Waals surface area contributed by atoms with E-state index in [1.54, 1.807) is 6.33 Å². The van der Waals surface area contributed by atoms with Gasteiger partial charge in [0.15, 0.2) is 5.65 Å². The lowest BCUT2D eigenvalue weighted by Gasteiger charge is -2.36. The van der Waals surface area contributed by atoms with Gasteiger partial charge in [0.1, 0.15) is 12.1 Å². The van der Waals surface area contributed by atoms with Crippen molar-refractivity contribution in [3.8, 4) is 0 Å². The van der Waals surface area contributed by atoms with E-state index >= 15 is 0 Å². The fourth-order valence-electron chi connectivity index (χ4n) is 4.85. The van der Waals surface area contributed by atoms with E-state index in [-0.39, 0.29) is 5.91 Å². The molecule has 2 aromatic carbocycles. The van der Waals surface area contributed by atoms with Gasteiger partial charge in [-0.05, 0) is 29.8 Å². The predicted octanol–water partition coefficient (Wildman–Crippen LogP) is 4.46. The summed E-state index contributed by atoms with van der Waals surface area (Å²) in [6.07, 6.45) is 3.51. The highest BCUT2D eigenvalue weighted by Gasteiger charge is 2.28. The number of rotatable bonds is 5. The van der Waals surface area contributed by atoms with Gasteiger partial charge in [-0.1, -0.05) is 54.6 Å². The molecule has 35 heavy (non-hydrogen) atoms. The third kappa shape index (κ3) is 3.95. The zero-order chi connectivity index (χ0) is 23.6. The molecule has 7 heteroatoms. The van der Waals surface area contributed by atoms with Crippen LogP contribution in [0.5, 0.6) is 0 Å². The summed E-state index contributed by atoms with van der Waals surface area (Å²) in [5.41, 5.74) is 4.58. The Morgan fingerprint density at radius 2 is 1.54 bits per heavy atom. The third-order valence-corrected chi connectivity index (χ3v) is 6.63. The number of benzene rings is 2. The average Bonchev–Trinajstić information content (AvgIpc) is 3.28. The molecular weight excluding hydrogens is 436 g/mol. The van der Waals surface area contributed by atoms with E-state index in [2.05, 4.69) is 56.6 Å². The third-order valence-electron chi connectivity index (χ3n) is 6.63. The Morgan fingerprint density at radius 1 is 0.829 bits per heavy atom. The van der Waals surface area contributed by atoms with Crippen LogP contribution in [-0.2, 0) is 6.54 Å². The van der Waals surface area contributed by atoms with Crippen molar-refractivity contribution in [1.29, 1.82) is 0 Å². The van der Waals surface area contributed by atoms with Crippen LogP contribution in [0.15, 0.2) is 91.4 Å². The number of carbonyl (C=O) groups excluding carboxylic acids is 1. The Kier molecular flexibility index (Phi) is 5.50. The minimum atomic E-state index is 0.0222. The zero-order valence-electron chi connectivity index (χ0n) is 19.3. The number of hydrogen-bond donors (Lipinski definition) is 1. The summed E-state index contributed by atoms with van der Waals surface area (Å²) in [4.78, 5) is 27.4. The monoisotopic (exact) mass is 462 g/mol. The number of nitrogens with zero attached hydrogens (tertiary/aromatic N) is 5. The molecule has 0 radical (unpaired) electrons. The Balaban J connectivity index is 1.35. The van der Waals surface area contributed by atoms with Crippen LogP contribution in [0.4, 0.5) is 11.5 Å². The van der Waals surface area contributed by atoms with Crippen molar-refractivity contribution in [2.45, 2.75) is 6.54 Å². The molecule has 7 nitrogen and oxygen atoms in total. The molecule has 1 N–H and O–H groups in total. The number of hydrogen-bond acceptors (Lipinski definition) is 5. The summed E-state index contributed by atoms with van der Waals surface area (Å²) in [5, 5.41) is 4.22. The molecule has 1 aliphatic rings. The van der Waals surface area contributed by atoms with Crippen LogP contribution in [0.2, 0.25) is 0 Å². The largest absolute Gasteiger partial charge is 0.368 e. The molecule has 3 aromatic heterocycles. The second-order valence-electron chi connectivity index (χ2n) is 8.71. The topological polar surface area (TPSA) is 65.8 Å². The molecule has 1 aliphatic heterocycles. The highest BCUT2D eigenvalue weighted by atomic mass is 16.2. The number of piperazine rings is 1. The number of anilines is 2. The molecule has 5 aromatic rings.